The molecule has 0 bridgehead atoms. The van der Waals surface area contributed by atoms with Gasteiger partial charge in [-0.15, -0.1) is 0 Å². The molecule has 18 heavy (non-hydrogen) atoms. The topological polar surface area (TPSA) is 90.7 Å². The molecular formula is C10H14F2N2O4. The first-order valence-electron chi connectivity index (χ1n) is 5.62. The van der Waals surface area contributed by atoms with Crippen LogP contribution in [0.2, 0.25) is 0 Å². The van der Waals surface area contributed by atoms with Crippen LogP contribution in [0.5, 0.6) is 0 Å². The predicted molar refractivity (Wildman–Crippen MR) is 54.9 cm³/mol. The number of alkyl halides is 2. The standard InChI is InChI=1S/C10H14F2N2O4/c11-10(12)3-5(10)8(15)14-6-4-17-2-1-7(6)18-9(13)16/h5-7H,1-4H2,(H2,13,16)(H,14,15)/t5?,6-,7+/m1/s1. The lowest BCUT2D eigenvalue weighted by Gasteiger charge is -2.31. The van der Waals surface area contributed by atoms with Gasteiger partial charge in [-0.1, -0.05) is 0 Å². The van der Waals surface area contributed by atoms with E-state index in [1.807, 2.05) is 0 Å². The molecule has 1 aliphatic carbocycles. The maximum Gasteiger partial charge on any atom is 0.404 e. The fourth-order valence-electron chi connectivity index (χ4n) is 1.92. The molecule has 3 atom stereocenters. The highest BCUT2D eigenvalue weighted by Crippen LogP contribution is 2.48. The third-order valence-corrected chi connectivity index (χ3v) is 3.03. The van der Waals surface area contributed by atoms with Crippen molar-refractivity contribution in [2.45, 2.75) is 30.9 Å². The van der Waals surface area contributed by atoms with Crippen LogP contribution in [0.3, 0.4) is 0 Å². The van der Waals surface area contributed by atoms with E-state index < -0.39 is 42.4 Å². The van der Waals surface area contributed by atoms with Crippen molar-refractivity contribution in [1.29, 1.82) is 0 Å². The van der Waals surface area contributed by atoms with Crippen LogP contribution in [0.15, 0.2) is 0 Å². The summed E-state index contributed by atoms with van der Waals surface area (Å²) in [5, 5.41) is 2.42. The Hall–Kier alpha value is -1.44. The van der Waals surface area contributed by atoms with Gasteiger partial charge in [-0.05, 0) is 0 Å². The van der Waals surface area contributed by atoms with Crippen LogP contribution in [0.4, 0.5) is 13.6 Å². The second-order valence-corrected chi connectivity index (χ2v) is 4.47. The molecule has 2 fully saturated rings. The van der Waals surface area contributed by atoms with Crippen molar-refractivity contribution in [2.24, 2.45) is 11.7 Å². The van der Waals surface area contributed by atoms with Crippen LogP contribution < -0.4 is 11.1 Å². The van der Waals surface area contributed by atoms with Gasteiger partial charge < -0.3 is 20.5 Å². The van der Waals surface area contributed by atoms with Crippen LogP contribution >= 0.6 is 0 Å². The van der Waals surface area contributed by atoms with Gasteiger partial charge >= 0.3 is 6.09 Å². The molecule has 1 saturated heterocycles. The van der Waals surface area contributed by atoms with E-state index in [0.717, 1.165) is 0 Å². The van der Waals surface area contributed by atoms with E-state index in [1.165, 1.54) is 0 Å². The molecule has 1 heterocycles. The Morgan fingerprint density at radius 1 is 1.44 bits per heavy atom. The van der Waals surface area contributed by atoms with Gasteiger partial charge in [-0.25, -0.2) is 13.6 Å². The lowest BCUT2D eigenvalue weighted by atomic mass is 10.1. The Balaban J connectivity index is 1.89. The number of hydrogen-bond acceptors (Lipinski definition) is 4. The first kappa shape index (κ1) is 13.0. The summed E-state index contributed by atoms with van der Waals surface area (Å²) < 4.78 is 35.3. The number of hydrogen-bond donors (Lipinski definition) is 2. The van der Waals surface area contributed by atoms with E-state index in [0.29, 0.717) is 13.0 Å². The first-order chi connectivity index (χ1) is 8.40. The summed E-state index contributed by atoms with van der Waals surface area (Å²) in [6, 6.07) is -0.629. The number of ether oxygens (including phenoxy) is 2. The molecule has 0 radical (unpaired) electrons. The van der Waals surface area contributed by atoms with Gasteiger partial charge in [0.25, 0.3) is 5.92 Å². The van der Waals surface area contributed by atoms with E-state index in [4.69, 9.17) is 15.2 Å². The van der Waals surface area contributed by atoms with E-state index in [2.05, 4.69) is 5.32 Å². The second kappa shape index (κ2) is 4.68. The Morgan fingerprint density at radius 3 is 2.67 bits per heavy atom. The largest absolute Gasteiger partial charge is 0.444 e. The summed E-state index contributed by atoms with van der Waals surface area (Å²) in [5.74, 6) is -4.94. The summed E-state index contributed by atoms with van der Waals surface area (Å²) >= 11 is 0. The number of halogens is 2. The molecular weight excluding hydrogens is 250 g/mol. The molecule has 1 saturated carbocycles. The molecule has 2 amide bonds. The molecule has 0 spiro atoms. The Bertz CT molecular complexity index is 364. The quantitative estimate of drug-likeness (QED) is 0.751. The van der Waals surface area contributed by atoms with Crippen LogP contribution in [-0.4, -0.2) is 43.3 Å². The number of carbonyl (C=O) groups excluding carboxylic acids is 2. The van der Waals surface area contributed by atoms with E-state index in [-0.39, 0.29) is 6.61 Å². The molecule has 0 aromatic rings. The molecule has 1 aliphatic heterocycles. The van der Waals surface area contributed by atoms with Gasteiger partial charge in [0, 0.05) is 12.8 Å². The average Bonchev–Trinajstić information content (AvgIpc) is 2.90. The van der Waals surface area contributed by atoms with Crippen LogP contribution in [0.1, 0.15) is 12.8 Å². The number of primary amides is 1. The average molecular weight is 264 g/mol. The summed E-state index contributed by atoms with van der Waals surface area (Å²) in [4.78, 5) is 22.2. The fourth-order valence-corrected chi connectivity index (χ4v) is 1.92. The summed E-state index contributed by atoms with van der Waals surface area (Å²) in [6.07, 6.45) is -1.66. The van der Waals surface area contributed by atoms with Crippen molar-refractivity contribution in [1.82, 2.24) is 5.32 Å². The van der Waals surface area contributed by atoms with Crippen molar-refractivity contribution in [3.05, 3.63) is 0 Å². The van der Waals surface area contributed by atoms with Gasteiger partial charge in [0.05, 0.1) is 19.3 Å². The Labute approximate surface area is 102 Å². The second-order valence-electron chi connectivity index (χ2n) is 4.47. The van der Waals surface area contributed by atoms with E-state index >= 15 is 0 Å². The van der Waals surface area contributed by atoms with Gasteiger partial charge in [-0.2, -0.15) is 0 Å². The molecule has 2 rings (SSSR count). The summed E-state index contributed by atoms with van der Waals surface area (Å²) in [6.45, 7) is 0.478. The van der Waals surface area contributed by atoms with Crippen molar-refractivity contribution in [2.75, 3.05) is 13.2 Å². The SMILES string of the molecule is NC(=O)O[C@H]1CCOC[C@H]1NC(=O)C1CC1(F)F. The molecule has 0 aromatic carbocycles. The maximum absolute atomic E-state index is 12.7. The van der Waals surface area contributed by atoms with Crippen molar-refractivity contribution in [3.8, 4) is 0 Å². The Kier molecular flexibility index (Phi) is 3.38. The van der Waals surface area contributed by atoms with Gasteiger partial charge in [-0.3, -0.25) is 4.79 Å². The maximum atomic E-state index is 12.7. The minimum Gasteiger partial charge on any atom is -0.444 e. The zero-order valence-electron chi connectivity index (χ0n) is 9.53. The first-order valence-corrected chi connectivity index (χ1v) is 5.62. The van der Waals surface area contributed by atoms with Crippen molar-refractivity contribution < 1.29 is 27.8 Å². The third kappa shape index (κ3) is 2.87. The highest BCUT2D eigenvalue weighted by Gasteiger charge is 2.61. The van der Waals surface area contributed by atoms with Crippen molar-refractivity contribution >= 4 is 12.0 Å². The van der Waals surface area contributed by atoms with Gasteiger partial charge in [0.1, 0.15) is 12.0 Å². The number of amides is 2. The normalized spacial score (nSPS) is 33.6. The van der Waals surface area contributed by atoms with Crippen LogP contribution in [-0.2, 0) is 14.3 Å². The van der Waals surface area contributed by atoms with E-state index in [9.17, 15) is 18.4 Å². The van der Waals surface area contributed by atoms with E-state index in [1.54, 1.807) is 0 Å². The smallest absolute Gasteiger partial charge is 0.404 e. The third-order valence-electron chi connectivity index (χ3n) is 3.03. The number of nitrogens with two attached hydrogens (primary N) is 1. The van der Waals surface area contributed by atoms with Crippen LogP contribution in [0.25, 0.3) is 0 Å². The monoisotopic (exact) mass is 264 g/mol. The molecule has 6 nitrogen and oxygen atoms in total. The fraction of sp³-hybridized carbons (Fsp3) is 0.800. The highest BCUT2D eigenvalue weighted by atomic mass is 19.3. The predicted octanol–water partition coefficient (Wildman–Crippen LogP) is 0.0106. The summed E-state index contributed by atoms with van der Waals surface area (Å²) in [7, 11) is 0. The minimum atomic E-state index is -2.92. The lowest BCUT2D eigenvalue weighted by Crippen LogP contribution is -2.52. The lowest BCUT2D eigenvalue weighted by molar-refractivity contribution is -0.128. The highest BCUT2D eigenvalue weighted by molar-refractivity contribution is 5.83. The molecule has 2 aliphatic rings. The Morgan fingerprint density at radius 2 is 2.11 bits per heavy atom. The van der Waals surface area contributed by atoms with Gasteiger partial charge in [0.2, 0.25) is 5.91 Å². The zero-order valence-corrected chi connectivity index (χ0v) is 9.53. The molecule has 0 aromatic heterocycles. The van der Waals surface area contributed by atoms with Gasteiger partial charge in [0.15, 0.2) is 0 Å². The van der Waals surface area contributed by atoms with Crippen molar-refractivity contribution in [3.63, 3.8) is 0 Å². The summed E-state index contributed by atoms with van der Waals surface area (Å²) in [5.41, 5.74) is 4.90. The molecule has 102 valence electrons. The zero-order chi connectivity index (χ0) is 13.3. The van der Waals surface area contributed by atoms with Crippen LogP contribution in [0, 0.1) is 5.92 Å². The minimum absolute atomic E-state index is 0.113. The molecule has 1 unspecified atom stereocenters. The number of rotatable bonds is 3. The molecule has 8 heteroatoms. The number of carbonyl (C=O) groups is 2. The number of nitrogens with one attached hydrogen (secondary N) is 1. The molecule has 3 N–H and O–H groups in total.